The zero-order chi connectivity index (χ0) is 16.5. The average molecular weight is 336 g/mol. The van der Waals surface area contributed by atoms with Gasteiger partial charge in [-0.25, -0.2) is 19.3 Å². The first-order chi connectivity index (χ1) is 11.7. The maximum Gasteiger partial charge on any atom is 0.178 e. The minimum Gasteiger partial charge on any atom is -0.244 e. The van der Waals surface area contributed by atoms with E-state index in [0.717, 1.165) is 16.5 Å². The molecule has 0 spiro atoms. The monoisotopic (exact) mass is 335 g/mol. The number of pyridine rings is 1. The Labute approximate surface area is 142 Å². The Balaban J connectivity index is 1.79. The molecule has 0 aliphatic rings. The van der Waals surface area contributed by atoms with Gasteiger partial charge in [0.15, 0.2) is 5.82 Å². The van der Waals surface area contributed by atoms with Crippen LogP contribution in [-0.4, -0.2) is 15.0 Å². The van der Waals surface area contributed by atoms with Crippen molar-refractivity contribution in [1.29, 1.82) is 0 Å². The lowest BCUT2D eigenvalue weighted by molar-refractivity contribution is 0.628. The van der Waals surface area contributed by atoms with Gasteiger partial charge < -0.3 is 0 Å². The van der Waals surface area contributed by atoms with Crippen molar-refractivity contribution in [3.05, 3.63) is 77.7 Å². The summed E-state index contributed by atoms with van der Waals surface area (Å²) in [5.41, 5.74) is 2.94. The lowest BCUT2D eigenvalue weighted by Gasteiger charge is -2.06. The van der Waals surface area contributed by atoms with Gasteiger partial charge in [0.2, 0.25) is 0 Å². The number of fused-ring (bicyclic) bond motifs is 1. The summed E-state index contributed by atoms with van der Waals surface area (Å²) in [5, 5.41) is 1.05. The van der Waals surface area contributed by atoms with Gasteiger partial charge in [-0.05, 0) is 36.4 Å². The summed E-state index contributed by atoms with van der Waals surface area (Å²) in [6.07, 6.45) is 1.78. The summed E-state index contributed by atoms with van der Waals surface area (Å²) in [7, 11) is 0. The molecule has 2 heterocycles. The van der Waals surface area contributed by atoms with E-state index < -0.39 is 5.82 Å². The van der Waals surface area contributed by atoms with E-state index in [9.17, 15) is 4.39 Å². The highest BCUT2D eigenvalue weighted by molar-refractivity contribution is 6.31. The zero-order valence-corrected chi connectivity index (χ0v) is 13.2. The summed E-state index contributed by atoms with van der Waals surface area (Å²) in [4.78, 5) is 13.5. The SMILES string of the molecule is Fc1ccc(-c2cccc(-c3ncc4ccccc4n3)n2)cc1Cl. The first-order valence-corrected chi connectivity index (χ1v) is 7.73. The highest BCUT2D eigenvalue weighted by atomic mass is 35.5. The van der Waals surface area contributed by atoms with Crippen LogP contribution in [0.1, 0.15) is 0 Å². The predicted octanol–water partition coefficient (Wildman–Crippen LogP) is 5.15. The van der Waals surface area contributed by atoms with Crippen LogP contribution in [0.2, 0.25) is 5.02 Å². The van der Waals surface area contributed by atoms with Crippen LogP contribution in [0.4, 0.5) is 4.39 Å². The zero-order valence-electron chi connectivity index (χ0n) is 12.4. The molecule has 5 heteroatoms. The largest absolute Gasteiger partial charge is 0.244 e. The van der Waals surface area contributed by atoms with Crippen molar-refractivity contribution in [1.82, 2.24) is 15.0 Å². The van der Waals surface area contributed by atoms with E-state index in [1.54, 1.807) is 18.3 Å². The Hall–Kier alpha value is -2.85. The number of nitrogens with zero attached hydrogens (tertiary/aromatic N) is 3. The number of para-hydroxylation sites is 1. The van der Waals surface area contributed by atoms with E-state index >= 15 is 0 Å². The molecule has 0 unspecified atom stereocenters. The minimum atomic E-state index is -0.450. The predicted molar refractivity (Wildman–Crippen MR) is 93.2 cm³/mol. The van der Waals surface area contributed by atoms with Crippen LogP contribution in [0.5, 0.6) is 0 Å². The van der Waals surface area contributed by atoms with Crippen LogP contribution in [0.15, 0.2) is 66.9 Å². The Morgan fingerprint density at radius 3 is 2.54 bits per heavy atom. The highest BCUT2D eigenvalue weighted by Crippen LogP contribution is 2.25. The summed E-state index contributed by atoms with van der Waals surface area (Å²) in [5.74, 6) is 0.0955. The van der Waals surface area contributed by atoms with Gasteiger partial charge in [-0.3, -0.25) is 0 Å². The molecule has 0 fully saturated rings. The molecule has 4 rings (SSSR count). The first kappa shape index (κ1) is 14.7. The molecule has 0 aliphatic carbocycles. The van der Waals surface area contributed by atoms with Crippen molar-refractivity contribution < 1.29 is 4.39 Å². The number of rotatable bonds is 2. The van der Waals surface area contributed by atoms with Crippen molar-refractivity contribution >= 4 is 22.5 Å². The van der Waals surface area contributed by atoms with E-state index in [1.165, 1.54) is 6.07 Å². The van der Waals surface area contributed by atoms with E-state index in [2.05, 4.69) is 15.0 Å². The van der Waals surface area contributed by atoms with Crippen LogP contribution in [0, 0.1) is 5.82 Å². The third-order valence-corrected chi connectivity index (χ3v) is 3.97. The van der Waals surface area contributed by atoms with Crippen LogP contribution in [-0.2, 0) is 0 Å². The number of hydrogen-bond acceptors (Lipinski definition) is 3. The lowest BCUT2D eigenvalue weighted by Crippen LogP contribution is -1.94. The lowest BCUT2D eigenvalue weighted by atomic mass is 10.1. The number of hydrogen-bond donors (Lipinski definition) is 0. The second kappa shape index (κ2) is 5.98. The molecule has 0 amide bonds. The Bertz CT molecular complexity index is 1050. The van der Waals surface area contributed by atoms with Gasteiger partial charge in [0, 0.05) is 17.1 Å². The summed E-state index contributed by atoms with van der Waals surface area (Å²) in [6.45, 7) is 0. The van der Waals surface area contributed by atoms with Gasteiger partial charge >= 0.3 is 0 Å². The fourth-order valence-corrected chi connectivity index (χ4v) is 2.65. The van der Waals surface area contributed by atoms with E-state index in [0.29, 0.717) is 17.2 Å². The fraction of sp³-hybridized carbons (Fsp3) is 0. The van der Waals surface area contributed by atoms with Crippen LogP contribution in [0.25, 0.3) is 33.7 Å². The van der Waals surface area contributed by atoms with Crippen molar-refractivity contribution in [2.45, 2.75) is 0 Å². The second-order valence-electron chi connectivity index (χ2n) is 5.29. The third-order valence-electron chi connectivity index (χ3n) is 3.68. The standard InChI is InChI=1S/C19H11ClFN3/c20-14-10-12(8-9-15(14)21)16-6-3-7-18(23-16)19-22-11-13-4-1-2-5-17(13)24-19/h1-11H. The number of aromatic nitrogens is 3. The molecule has 116 valence electrons. The molecule has 0 saturated heterocycles. The summed E-state index contributed by atoms with van der Waals surface area (Å²) < 4.78 is 13.3. The smallest absolute Gasteiger partial charge is 0.178 e. The first-order valence-electron chi connectivity index (χ1n) is 7.35. The van der Waals surface area contributed by atoms with Gasteiger partial charge in [-0.1, -0.05) is 35.9 Å². The molecule has 0 aliphatic heterocycles. The van der Waals surface area contributed by atoms with Gasteiger partial charge in [0.1, 0.15) is 11.5 Å². The Kier molecular flexibility index (Phi) is 3.67. The van der Waals surface area contributed by atoms with E-state index in [-0.39, 0.29) is 5.02 Å². The normalized spacial score (nSPS) is 10.9. The molecule has 0 N–H and O–H groups in total. The molecule has 3 nitrogen and oxygen atoms in total. The maximum absolute atomic E-state index is 13.3. The molecular formula is C19H11ClFN3. The van der Waals surface area contributed by atoms with E-state index in [1.807, 2.05) is 42.5 Å². The summed E-state index contributed by atoms with van der Waals surface area (Å²) >= 11 is 5.86. The molecule has 4 aromatic rings. The maximum atomic E-state index is 13.3. The van der Waals surface area contributed by atoms with Crippen molar-refractivity contribution in [2.75, 3.05) is 0 Å². The van der Waals surface area contributed by atoms with Crippen molar-refractivity contribution in [3.63, 3.8) is 0 Å². The molecule has 2 aromatic carbocycles. The van der Waals surface area contributed by atoms with Crippen molar-refractivity contribution in [3.8, 4) is 22.8 Å². The van der Waals surface area contributed by atoms with Crippen LogP contribution >= 0.6 is 11.6 Å². The number of halogens is 2. The average Bonchev–Trinajstić information content (AvgIpc) is 2.64. The molecule has 24 heavy (non-hydrogen) atoms. The fourth-order valence-electron chi connectivity index (χ4n) is 2.47. The quantitative estimate of drug-likeness (QED) is 0.508. The minimum absolute atomic E-state index is 0.0710. The van der Waals surface area contributed by atoms with Crippen LogP contribution < -0.4 is 0 Å². The molecule has 0 saturated carbocycles. The van der Waals surface area contributed by atoms with Crippen LogP contribution in [0.3, 0.4) is 0 Å². The molecule has 2 aromatic heterocycles. The van der Waals surface area contributed by atoms with Gasteiger partial charge in [0.05, 0.1) is 16.2 Å². The van der Waals surface area contributed by atoms with Crippen molar-refractivity contribution in [2.24, 2.45) is 0 Å². The van der Waals surface area contributed by atoms with Gasteiger partial charge in [-0.2, -0.15) is 0 Å². The highest BCUT2D eigenvalue weighted by Gasteiger charge is 2.08. The number of benzene rings is 2. The van der Waals surface area contributed by atoms with Gasteiger partial charge in [0.25, 0.3) is 0 Å². The summed E-state index contributed by atoms with van der Waals surface area (Å²) in [6, 6.07) is 17.9. The molecule has 0 radical (unpaired) electrons. The Morgan fingerprint density at radius 1 is 0.833 bits per heavy atom. The molecule has 0 bridgehead atoms. The van der Waals surface area contributed by atoms with E-state index in [4.69, 9.17) is 11.6 Å². The topological polar surface area (TPSA) is 38.7 Å². The van der Waals surface area contributed by atoms with Gasteiger partial charge in [-0.15, -0.1) is 0 Å². The third kappa shape index (κ3) is 2.72. The Morgan fingerprint density at radius 2 is 1.67 bits per heavy atom. The second-order valence-corrected chi connectivity index (χ2v) is 5.70. The molecular weight excluding hydrogens is 325 g/mol. The molecule has 0 atom stereocenters.